The van der Waals surface area contributed by atoms with Gasteiger partial charge in [-0.05, 0) is 91.8 Å². The van der Waals surface area contributed by atoms with E-state index in [1.807, 2.05) is 0 Å². The Morgan fingerprint density at radius 1 is 0.967 bits per heavy atom. The van der Waals surface area contributed by atoms with Gasteiger partial charge < -0.3 is 9.47 Å². The number of nitriles is 1. The SMILES string of the molecule is C[C@H](CC#N)[C@H]1CC[C@H]2[C@@H]3C[C@H](OC=O)[C@@H]4C[C@H](OC=O)CC[C@]4(C)[C@H]3CC[C@]12C. The van der Waals surface area contributed by atoms with Crippen molar-refractivity contribution in [3.05, 3.63) is 0 Å². The summed E-state index contributed by atoms with van der Waals surface area (Å²) >= 11 is 0. The Morgan fingerprint density at radius 3 is 2.37 bits per heavy atom. The normalized spacial score (nSPS) is 48.3. The Hall–Kier alpha value is -1.57. The van der Waals surface area contributed by atoms with Gasteiger partial charge in [-0.3, -0.25) is 9.59 Å². The van der Waals surface area contributed by atoms with E-state index in [2.05, 4.69) is 26.8 Å². The van der Waals surface area contributed by atoms with Gasteiger partial charge in [-0.25, -0.2) is 0 Å². The molecule has 0 heterocycles. The molecule has 0 aromatic rings. The van der Waals surface area contributed by atoms with Crippen LogP contribution in [0.25, 0.3) is 0 Å². The zero-order valence-corrected chi connectivity index (χ0v) is 18.7. The Bertz CT molecular complexity index is 704. The second kappa shape index (κ2) is 8.17. The number of carbonyl (C=O) groups excluding carboxylic acids is 2. The average Bonchev–Trinajstić information content (AvgIpc) is 3.07. The molecule has 4 aliphatic rings. The highest BCUT2D eigenvalue weighted by Gasteiger charge is 2.63. The number of rotatable bonds is 6. The number of hydrogen-bond donors (Lipinski definition) is 0. The topological polar surface area (TPSA) is 76.4 Å². The second-order valence-corrected chi connectivity index (χ2v) is 11.2. The first kappa shape index (κ1) is 21.7. The molecule has 4 aliphatic carbocycles. The number of nitrogens with zero attached hydrogens (tertiary/aromatic N) is 1. The van der Waals surface area contributed by atoms with Gasteiger partial charge in [-0.1, -0.05) is 20.8 Å². The van der Waals surface area contributed by atoms with E-state index >= 15 is 0 Å². The van der Waals surface area contributed by atoms with Crippen molar-refractivity contribution in [2.45, 2.75) is 90.8 Å². The molecule has 0 unspecified atom stereocenters. The molecule has 30 heavy (non-hydrogen) atoms. The minimum atomic E-state index is -0.0790. The largest absolute Gasteiger partial charge is 0.465 e. The quantitative estimate of drug-likeness (QED) is 0.577. The predicted molar refractivity (Wildman–Crippen MR) is 112 cm³/mol. The molecule has 0 bridgehead atoms. The maximum Gasteiger partial charge on any atom is 0.293 e. The predicted octanol–water partition coefficient (Wildman–Crippen LogP) is 4.89. The summed E-state index contributed by atoms with van der Waals surface area (Å²) in [5.41, 5.74) is 0.432. The van der Waals surface area contributed by atoms with Crippen molar-refractivity contribution < 1.29 is 19.1 Å². The maximum absolute atomic E-state index is 11.4. The van der Waals surface area contributed by atoms with Gasteiger partial charge in [0.25, 0.3) is 12.9 Å². The van der Waals surface area contributed by atoms with Gasteiger partial charge >= 0.3 is 0 Å². The summed E-state index contributed by atoms with van der Waals surface area (Å²) in [5, 5.41) is 9.25. The molecule has 0 saturated heterocycles. The van der Waals surface area contributed by atoms with E-state index in [9.17, 15) is 14.9 Å². The van der Waals surface area contributed by atoms with E-state index in [1.165, 1.54) is 25.7 Å². The van der Waals surface area contributed by atoms with Crippen molar-refractivity contribution >= 4 is 12.9 Å². The molecule has 0 amide bonds. The van der Waals surface area contributed by atoms with Gasteiger partial charge in [0.2, 0.25) is 0 Å². The van der Waals surface area contributed by atoms with Crippen LogP contribution in [0.1, 0.15) is 78.6 Å². The lowest BCUT2D eigenvalue weighted by Gasteiger charge is -2.62. The molecule has 0 aromatic carbocycles. The summed E-state index contributed by atoms with van der Waals surface area (Å²) < 4.78 is 11.1. The molecule has 5 nitrogen and oxygen atoms in total. The third-order valence-electron chi connectivity index (χ3n) is 10.3. The Labute approximate surface area is 180 Å². The summed E-state index contributed by atoms with van der Waals surface area (Å²) in [4.78, 5) is 22.3. The lowest BCUT2D eigenvalue weighted by molar-refractivity contribution is -0.189. The molecule has 5 heteroatoms. The minimum Gasteiger partial charge on any atom is -0.465 e. The number of fused-ring (bicyclic) bond motifs is 5. The lowest BCUT2D eigenvalue weighted by atomic mass is 9.43. The highest BCUT2D eigenvalue weighted by molar-refractivity contribution is 5.38. The summed E-state index contributed by atoms with van der Waals surface area (Å²) in [7, 11) is 0. The van der Waals surface area contributed by atoms with Crippen LogP contribution in [0.4, 0.5) is 0 Å². The van der Waals surface area contributed by atoms with E-state index in [-0.39, 0.29) is 23.5 Å². The van der Waals surface area contributed by atoms with Gasteiger partial charge in [-0.15, -0.1) is 0 Å². The van der Waals surface area contributed by atoms with E-state index in [1.54, 1.807) is 0 Å². The van der Waals surface area contributed by atoms with E-state index in [0.717, 1.165) is 25.7 Å². The summed E-state index contributed by atoms with van der Waals surface area (Å²) in [6.45, 7) is 8.36. The van der Waals surface area contributed by atoms with Gasteiger partial charge in [0.05, 0.1) is 6.07 Å². The Morgan fingerprint density at radius 2 is 1.67 bits per heavy atom. The second-order valence-electron chi connectivity index (χ2n) is 11.2. The van der Waals surface area contributed by atoms with Gasteiger partial charge in [0.15, 0.2) is 0 Å². The highest BCUT2D eigenvalue weighted by atomic mass is 16.5. The van der Waals surface area contributed by atoms with E-state index < -0.39 is 0 Å². The minimum absolute atomic E-state index is 0.0496. The molecule has 4 saturated carbocycles. The summed E-state index contributed by atoms with van der Waals surface area (Å²) in [5.74, 6) is 3.22. The van der Waals surface area contributed by atoms with Gasteiger partial charge in [0.1, 0.15) is 12.2 Å². The van der Waals surface area contributed by atoms with Crippen LogP contribution in [-0.2, 0) is 19.1 Å². The molecule has 0 aliphatic heterocycles. The fourth-order valence-electron chi connectivity index (χ4n) is 8.92. The van der Waals surface area contributed by atoms with Crippen LogP contribution in [0.2, 0.25) is 0 Å². The van der Waals surface area contributed by atoms with Crippen LogP contribution in [0.3, 0.4) is 0 Å². The van der Waals surface area contributed by atoms with E-state index in [4.69, 9.17) is 9.47 Å². The molecular formula is C25H37NO4. The Kier molecular flexibility index (Phi) is 5.90. The monoisotopic (exact) mass is 415 g/mol. The average molecular weight is 416 g/mol. The zero-order valence-electron chi connectivity index (χ0n) is 18.7. The van der Waals surface area contributed by atoms with Crippen molar-refractivity contribution in [1.29, 1.82) is 5.26 Å². The van der Waals surface area contributed by atoms with Crippen LogP contribution in [-0.4, -0.2) is 25.2 Å². The highest BCUT2D eigenvalue weighted by Crippen LogP contribution is 2.68. The molecule has 4 rings (SSSR count). The molecular weight excluding hydrogens is 378 g/mol. The molecule has 4 fully saturated rings. The van der Waals surface area contributed by atoms with Crippen molar-refractivity contribution in [2.24, 2.45) is 46.3 Å². The molecule has 0 radical (unpaired) electrons. The van der Waals surface area contributed by atoms with Crippen LogP contribution < -0.4 is 0 Å². The first-order valence-corrected chi connectivity index (χ1v) is 11.9. The maximum atomic E-state index is 11.4. The third-order valence-corrected chi connectivity index (χ3v) is 10.3. The standard InChI is InChI=1S/C25H37NO4/c1-16(8-11-26)19-4-5-20-18-13-23(30-15-28)22-12-17(29-14-27)6-9-25(22,3)21(18)7-10-24(19,20)2/h14-23H,4-10,12-13H2,1-3H3/t16-,17-,18+,19-,20+,21+,22+,23+,24-,25-/m1/s1. The number of ether oxygens (including phenoxy) is 2. The third kappa shape index (κ3) is 3.26. The first-order chi connectivity index (χ1) is 14.4. The fourth-order valence-corrected chi connectivity index (χ4v) is 8.92. The molecule has 0 spiro atoms. The van der Waals surface area contributed by atoms with Crippen molar-refractivity contribution in [3.8, 4) is 6.07 Å². The van der Waals surface area contributed by atoms with Crippen molar-refractivity contribution in [3.63, 3.8) is 0 Å². The van der Waals surface area contributed by atoms with E-state index in [0.29, 0.717) is 54.4 Å². The van der Waals surface area contributed by atoms with Crippen LogP contribution >= 0.6 is 0 Å². The summed E-state index contributed by atoms with van der Waals surface area (Å²) in [6.07, 6.45) is 9.15. The van der Waals surface area contributed by atoms with Crippen molar-refractivity contribution in [2.75, 3.05) is 0 Å². The number of carbonyl (C=O) groups is 2. The smallest absolute Gasteiger partial charge is 0.293 e. The molecule has 166 valence electrons. The first-order valence-electron chi connectivity index (χ1n) is 11.9. The van der Waals surface area contributed by atoms with Crippen LogP contribution in [0.15, 0.2) is 0 Å². The number of hydrogen-bond acceptors (Lipinski definition) is 5. The molecule has 0 N–H and O–H groups in total. The van der Waals surface area contributed by atoms with Crippen molar-refractivity contribution in [1.82, 2.24) is 0 Å². The Balaban J connectivity index is 1.61. The lowest BCUT2D eigenvalue weighted by Crippen LogP contribution is -2.59. The van der Waals surface area contributed by atoms with Crippen LogP contribution in [0, 0.1) is 57.7 Å². The molecule has 0 aromatic heterocycles. The summed E-state index contributed by atoms with van der Waals surface area (Å²) in [6, 6.07) is 2.40. The molecule has 10 atom stereocenters. The van der Waals surface area contributed by atoms with Crippen LogP contribution in [0.5, 0.6) is 0 Å². The van der Waals surface area contributed by atoms with Gasteiger partial charge in [0, 0.05) is 12.3 Å². The zero-order chi connectivity index (χ0) is 21.5. The fraction of sp³-hybridized carbons (Fsp3) is 0.880. The van der Waals surface area contributed by atoms with Gasteiger partial charge in [-0.2, -0.15) is 5.26 Å².